The molecule has 0 saturated carbocycles. The number of carbonyl (C=O) groups is 2. The summed E-state index contributed by atoms with van der Waals surface area (Å²) >= 11 is 0. The number of anilines is 1. The summed E-state index contributed by atoms with van der Waals surface area (Å²) in [4.78, 5) is 45.0. The van der Waals surface area contributed by atoms with Gasteiger partial charge in [-0.1, -0.05) is 44.2 Å². The number of oxazole rings is 2. The molecule has 2 aromatic carbocycles. The van der Waals surface area contributed by atoms with Gasteiger partial charge in [-0.25, -0.2) is 9.97 Å². The molecule has 2 N–H and O–H groups in total. The normalized spacial score (nSPS) is 15.7. The lowest BCUT2D eigenvalue weighted by atomic mass is 9.99. The fraction of sp³-hybridized carbons (Fsp3) is 0.342. The molecule has 0 radical (unpaired) electrons. The monoisotopic (exact) mass is 662 g/mol. The third kappa shape index (κ3) is 7.89. The van der Waals surface area contributed by atoms with Gasteiger partial charge in [0.2, 0.25) is 11.8 Å². The fourth-order valence-corrected chi connectivity index (χ4v) is 6.21. The lowest BCUT2D eigenvalue weighted by Gasteiger charge is -2.29. The number of hydrogen-bond donors (Lipinski definition) is 2. The highest BCUT2D eigenvalue weighted by molar-refractivity contribution is 6.01. The van der Waals surface area contributed by atoms with Gasteiger partial charge in [-0.05, 0) is 67.5 Å². The van der Waals surface area contributed by atoms with Crippen LogP contribution in [0.2, 0.25) is 0 Å². The van der Waals surface area contributed by atoms with Gasteiger partial charge in [-0.2, -0.15) is 0 Å². The van der Waals surface area contributed by atoms with E-state index in [-0.39, 0.29) is 29.9 Å². The third-order valence-corrected chi connectivity index (χ3v) is 8.95. The molecule has 0 unspecified atom stereocenters. The van der Waals surface area contributed by atoms with Crippen molar-refractivity contribution in [3.63, 3.8) is 0 Å². The molecule has 254 valence electrons. The topological polar surface area (TPSA) is 138 Å². The predicted molar refractivity (Wildman–Crippen MR) is 185 cm³/mol. The van der Waals surface area contributed by atoms with Crippen molar-refractivity contribution in [2.24, 2.45) is 0 Å². The summed E-state index contributed by atoms with van der Waals surface area (Å²) in [6.07, 6.45) is 9.13. The van der Waals surface area contributed by atoms with Crippen LogP contribution in [0.3, 0.4) is 0 Å². The summed E-state index contributed by atoms with van der Waals surface area (Å²) in [6, 6.07) is 15.7. The van der Waals surface area contributed by atoms with E-state index < -0.39 is 18.1 Å². The number of nitrogens with zero attached hydrogens (tertiary/aromatic N) is 5. The summed E-state index contributed by atoms with van der Waals surface area (Å²) in [5.74, 6) is 0.405. The predicted octanol–water partition coefficient (Wildman–Crippen LogP) is 5.97. The van der Waals surface area contributed by atoms with Crippen LogP contribution in [0.1, 0.15) is 82.1 Å². The molecule has 5 aromatic rings. The molecule has 3 atom stereocenters. The summed E-state index contributed by atoms with van der Waals surface area (Å²) in [5.41, 5.74) is 4.73. The standard InChI is InChI=1S/C38H42N6O5/c1-24(2)30-19-31(21-39-20-30)43(4)22-34(45)32(15-26-9-6-5-7-10-26)42-35(46)27-16-28(36-40-12-14-48-36)18-29(17-27)38(47)44-13-8-11-33(44)37-41-25(3)23-49-37/h5-7,9-10,12,14,16-21,23-24,32-34,45H,8,11,13,15,22H2,1-4H3,(H,42,46)/t32-,33+,34+/m0/s1. The average Bonchev–Trinajstić information content (AvgIpc) is 3.91. The van der Waals surface area contributed by atoms with Crippen molar-refractivity contribution in [3.8, 4) is 11.5 Å². The summed E-state index contributed by atoms with van der Waals surface area (Å²) in [7, 11) is 1.90. The van der Waals surface area contributed by atoms with E-state index in [1.807, 2.05) is 55.4 Å². The molecule has 0 bridgehead atoms. The third-order valence-electron chi connectivity index (χ3n) is 8.95. The Morgan fingerprint density at radius 3 is 2.59 bits per heavy atom. The van der Waals surface area contributed by atoms with Crippen LogP contribution >= 0.6 is 0 Å². The molecular formula is C38H42N6O5. The van der Waals surface area contributed by atoms with E-state index >= 15 is 0 Å². The van der Waals surface area contributed by atoms with Gasteiger partial charge in [0.05, 0.1) is 35.9 Å². The zero-order valence-corrected chi connectivity index (χ0v) is 28.2. The van der Waals surface area contributed by atoms with E-state index in [2.05, 4.69) is 40.2 Å². The number of carbonyl (C=O) groups excluding carboxylic acids is 2. The second kappa shape index (κ2) is 14.9. The maximum absolute atomic E-state index is 14.1. The highest BCUT2D eigenvalue weighted by Crippen LogP contribution is 2.33. The number of aromatic nitrogens is 3. The molecule has 11 heteroatoms. The minimum absolute atomic E-state index is 0.245. The molecule has 0 aliphatic carbocycles. The Morgan fingerprint density at radius 1 is 1.08 bits per heavy atom. The minimum Gasteiger partial charge on any atom is -0.446 e. The number of amides is 2. The number of pyridine rings is 1. The maximum Gasteiger partial charge on any atom is 0.254 e. The molecule has 1 fully saturated rings. The van der Waals surface area contributed by atoms with E-state index in [0.29, 0.717) is 35.9 Å². The van der Waals surface area contributed by atoms with Gasteiger partial charge in [-0.3, -0.25) is 14.6 Å². The average molecular weight is 663 g/mol. The first-order chi connectivity index (χ1) is 23.7. The van der Waals surface area contributed by atoms with Crippen molar-refractivity contribution in [1.29, 1.82) is 0 Å². The molecule has 3 aromatic heterocycles. The van der Waals surface area contributed by atoms with E-state index in [1.54, 1.807) is 35.6 Å². The van der Waals surface area contributed by atoms with Gasteiger partial charge in [-0.15, -0.1) is 0 Å². The Balaban J connectivity index is 1.28. The highest BCUT2D eigenvalue weighted by Gasteiger charge is 2.34. The van der Waals surface area contributed by atoms with Crippen LogP contribution in [0, 0.1) is 6.92 Å². The second-order valence-electron chi connectivity index (χ2n) is 13.0. The molecular weight excluding hydrogens is 620 g/mol. The van der Waals surface area contributed by atoms with Crippen LogP contribution in [-0.4, -0.2) is 69.1 Å². The zero-order valence-electron chi connectivity index (χ0n) is 28.2. The van der Waals surface area contributed by atoms with E-state index in [1.165, 1.54) is 12.5 Å². The van der Waals surface area contributed by atoms with Crippen LogP contribution in [0.5, 0.6) is 0 Å². The fourth-order valence-electron chi connectivity index (χ4n) is 6.21. The Hall–Kier alpha value is -5.29. The van der Waals surface area contributed by atoms with Gasteiger partial charge in [0.25, 0.3) is 11.8 Å². The summed E-state index contributed by atoms with van der Waals surface area (Å²) < 4.78 is 11.2. The molecule has 2 amide bonds. The number of aliphatic hydroxyl groups excluding tert-OH is 1. The maximum atomic E-state index is 14.1. The van der Waals surface area contributed by atoms with Crippen LogP contribution in [0.25, 0.3) is 11.5 Å². The Morgan fingerprint density at radius 2 is 1.88 bits per heavy atom. The van der Waals surface area contributed by atoms with Crippen molar-refractivity contribution in [2.75, 3.05) is 25.0 Å². The van der Waals surface area contributed by atoms with Crippen molar-refractivity contribution < 1.29 is 23.5 Å². The number of hydrogen-bond acceptors (Lipinski definition) is 9. The molecule has 1 aliphatic heterocycles. The smallest absolute Gasteiger partial charge is 0.254 e. The van der Waals surface area contributed by atoms with Crippen molar-refractivity contribution in [2.45, 2.75) is 64.1 Å². The number of aliphatic hydroxyl groups is 1. The Labute approximate surface area is 286 Å². The first kappa shape index (κ1) is 33.6. The van der Waals surface area contributed by atoms with Crippen LogP contribution in [0.15, 0.2) is 94.5 Å². The minimum atomic E-state index is -0.942. The molecule has 0 spiro atoms. The van der Waals surface area contributed by atoms with Crippen molar-refractivity contribution in [1.82, 2.24) is 25.2 Å². The van der Waals surface area contributed by atoms with Crippen LogP contribution in [-0.2, 0) is 6.42 Å². The highest BCUT2D eigenvalue weighted by atomic mass is 16.3. The quantitative estimate of drug-likeness (QED) is 0.165. The van der Waals surface area contributed by atoms with Gasteiger partial charge in [0.1, 0.15) is 18.6 Å². The van der Waals surface area contributed by atoms with Crippen LogP contribution < -0.4 is 10.2 Å². The van der Waals surface area contributed by atoms with Gasteiger partial charge in [0, 0.05) is 43.0 Å². The number of nitrogens with one attached hydrogen (secondary N) is 1. The lowest BCUT2D eigenvalue weighted by Crippen LogP contribution is -2.49. The van der Waals surface area contributed by atoms with Gasteiger partial charge >= 0.3 is 0 Å². The Bertz CT molecular complexity index is 1870. The Kier molecular flexibility index (Phi) is 10.2. The number of rotatable bonds is 12. The molecule has 6 rings (SSSR count). The number of benzene rings is 2. The van der Waals surface area contributed by atoms with Crippen LogP contribution in [0.4, 0.5) is 5.69 Å². The molecule has 1 aliphatic rings. The van der Waals surface area contributed by atoms with Crippen molar-refractivity contribution >= 4 is 17.5 Å². The lowest BCUT2D eigenvalue weighted by molar-refractivity contribution is 0.0715. The number of aryl methyl sites for hydroxylation is 1. The van der Waals surface area contributed by atoms with Gasteiger partial charge < -0.3 is 29.1 Å². The molecule has 49 heavy (non-hydrogen) atoms. The summed E-state index contributed by atoms with van der Waals surface area (Å²) in [5, 5.41) is 14.7. The molecule has 1 saturated heterocycles. The largest absolute Gasteiger partial charge is 0.446 e. The van der Waals surface area contributed by atoms with E-state index in [4.69, 9.17) is 8.83 Å². The first-order valence-corrected chi connectivity index (χ1v) is 16.6. The SMILES string of the molecule is Cc1coc([C@H]2CCCN2C(=O)c2cc(C(=O)N[C@@H](Cc3ccccc3)[C@H](O)CN(C)c3cncc(C(C)C)c3)cc(-c3ncco3)c2)n1. The number of likely N-dealkylation sites (tertiary alicyclic amines) is 1. The van der Waals surface area contributed by atoms with E-state index in [9.17, 15) is 14.7 Å². The summed E-state index contributed by atoms with van der Waals surface area (Å²) in [6.45, 7) is 6.84. The molecule has 11 nitrogen and oxygen atoms in total. The van der Waals surface area contributed by atoms with Crippen molar-refractivity contribution in [3.05, 3.63) is 120 Å². The van der Waals surface area contributed by atoms with Gasteiger partial charge in [0.15, 0.2) is 0 Å². The zero-order chi connectivity index (χ0) is 34.5. The molecule has 4 heterocycles. The number of likely N-dealkylation sites (N-methyl/N-ethyl adjacent to an activating group) is 1. The first-order valence-electron chi connectivity index (χ1n) is 16.6. The second-order valence-corrected chi connectivity index (χ2v) is 13.0. The van der Waals surface area contributed by atoms with E-state index in [0.717, 1.165) is 35.3 Å².